The molecule has 0 amide bonds. The third kappa shape index (κ3) is 2.93. The maximum Gasteiger partial charge on any atom is 0.101 e. The molecule has 19 heavy (non-hydrogen) atoms. The molecule has 2 atom stereocenters. The highest BCUT2D eigenvalue weighted by Gasteiger charge is 2.44. The number of hydrogen-bond donors (Lipinski definition) is 1. The molecule has 104 valence electrons. The molecule has 0 bridgehead atoms. The van der Waals surface area contributed by atoms with E-state index in [0.29, 0.717) is 13.0 Å². The summed E-state index contributed by atoms with van der Waals surface area (Å²) in [5.74, 6) is 0.169. The van der Waals surface area contributed by atoms with Crippen LogP contribution in [0.5, 0.6) is 0 Å². The van der Waals surface area contributed by atoms with Crippen molar-refractivity contribution in [3.63, 3.8) is 0 Å². The van der Waals surface area contributed by atoms with Crippen LogP contribution in [0.25, 0.3) is 0 Å². The predicted octanol–water partition coefficient (Wildman–Crippen LogP) is 4.03. The quantitative estimate of drug-likeness (QED) is 0.906. The lowest BCUT2D eigenvalue weighted by atomic mass is 9.89. The lowest BCUT2D eigenvalue weighted by Crippen LogP contribution is -2.34. The van der Waals surface area contributed by atoms with Gasteiger partial charge in [-0.25, -0.2) is 0 Å². The topological polar surface area (TPSA) is 29.5 Å². The average Bonchev–Trinajstić information content (AvgIpc) is 2.63. The van der Waals surface area contributed by atoms with E-state index in [1.165, 1.54) is 0 Å². The largest absolute Gasteiger partial charge is 0.384 e. The molecule has 0 saturated carbocycles. The lowest BCUT2D eigenvalue weighted by molar-refractivity contribution is -0.0123. The van der Waals surface area contributed by atoms with E-state index in [1.54, 1.807) is 0 Å². The second kappa shape index (κ2) is 5.78. The van der Waals surface area contributed by atoms with Crippen LogP contribution in [-0.2, 0) is 11.3 Å². The summed E-state index contributed by atoms with van der Waals surface area (Å²) in [5.41, 5.74) is 1.48. The first-order valence-corrected chi connectivity index (χ1v) is 7.49. The van der Waals surface area contributed by atoms with Gasteiger partial charge in [0.15, 0.2) is 0 Å². The Morgan fingerprint density at radius 3 is 2.53 bits per heavy atom. The summed E-state index contributed by atoms with van der Waals surface area (Å²) in [4.78, 5) is 0. The Bertz CT molecular complexity index is 467. The number of hydrogen-bond acceptors (Lipinski definition) is 2. The first kappa shape index (κ1) is 14.8. The van der Waals surface area contributed by atoms with E-state index < -0.39 is 5.60 Å². The van der Waals surface area contributed by atoms with Crippen molar-refractivity contribution in [1.82, 2.24) is 0 Å². The SMILES string of the molecule is CC1=C(Br)[C@](O)(C(C)C)C[C@@H]1OCc1ccccc1. The fourth-order valence-electron chi connectivity index (χ4n) is 2.45. The number of benzene rings is 1. The van der Waals surface area contributed by atoms with Crippen LogP contribution < -0.4 is 0 Å². The summed E-state index contributed by atoms with van der Waals surface area (Å²) in [6, 6.07) is 10.1. The maximum absolute atomic E-state index is 10.7. The molecule has 0 spiro atoms. The zero-order chi connectivity index (χ0) is 14.0. The Morgan fingerprint density at radius 2 is 2.00 bits per heavy atom. The van der Waals surface area contributed by atoms with Gasteiger partial charge in [0, 0.05) is 10.9 Å². The number of rotatable bonds is 4. The van der Waals surface area contributed by atoms with E-state index >= 15 is 0 Å². The minimum Gasteiger partial charge on any atom is -0.384 e. The van der Waals surface area contributed by atoms with Crippen LogP contribution in [-0.4, -0.2) is 16.8 Å². The monoisotopic (exact) mass is 324 g/mol. The highest BCUT2D eigenvalue weighted by atomic mass is 79.9. The summed E-state index contributed by atoms with van der Waals surface area (Å²) >= 11 is 3.54. The molecule has 0 fully saturated rings. The van der Waals surface area contributed by atoms with E-state index in [9.17, 15) is 5.11 Å². The van der Waals surface area contributed by atoms with Gasteiger partial charge in [0.25, 0.3) is 0 Å². The van der Waals surface area contributed by atoms with Gasteiger partial charge >= 0.3 is 0 Å². The summed E-state index contributed by atoms with van der Waals surface area (Å²) in [6.45, 7) is 6.68. The predicted molar refractivity (Wildman–Crippen MR) is 81.1 cm³/mol. The molecule has 0 aromatic heterocycles. The van der Waals surface area contributed by atoms with Crippen LogP contribution in [0, 0.1) is 5.92 Å². The van der Waals surface area contributed by atoms with Crippen molar-refractivity contribution < 1.29 is 9.84 Å². The highest BCUT2D eigenvalue weighted by molar-refractivity contribution is 9.11. The number of aliphatic hydroxyl groups is 1. The molecule has 1 aromatic carbocycles. The van der Waals surface area contributed by atoms with E-state index in [0.717, 1.165) is 15.6 Å². The van der Waals surface area contributed by atoms with Crippen molar-refractivity contribution in [2.75, 3.05) is 0 Å². The fraction of sp³-hybridized carbons (Fsp3) is 0.500. The third-order valence-corrected chi connectivity index (χ3v) is 5.27. The van der Waals surface area contributed by atoms with Crippen molar-refractivity contribution in [3.8, 4) is 0 Å². The third-order valence-electron chi connectivity index (χ3n) is 3.95. The molecule has 0 aliphatic heterocycles. The molecule has 1 aliphatic carbocycles. The van der Waals surface area contributed by atoms with Crippen LogP contribution in [0.3, 0.4) is 0 Å². The summed E-state index contributed by atoms with van der Waals surface area (Å²) < 4.78 is 6.87. The van der Waals surface area contributed by atoms with E-state index in [4.69, 9.17) is 4.74 Å². The van der Waals surface area contributed by atoms with Gasteiger partial charge in [-0.05, 0) is 24.0 Å². The van der Waals surface area contributed by atoms with E-state index in [1.807, 2.05) is 39.0 Å². The summed E-state index contributed by atoms with van der Waals surface area (Å²) in [7, 11) is 0. The van der Waals surface area contributed by atoms with Gasteiger partial charge < -0.3 is 9.84 Å². The maximum atomic E-state index is 10.7. The lowest BCUT2D eigenvalue weighted by Gasteiger charge is -2.28. The molecule has 0 heterocycles. The normalized spacial score (nSPS) is 27.4. The molecule has 0 saturated heterocycles. The van der Waals surface area contributed by atoms with Gasteiger partial charge in [-0.3, -0.25) is 0 Å². The van der Waals surface area contributed by atoms with Crippen molar-refractivity contribution in [1.29, 1.82) is 0 Å². The van der Waals surface area contributed by atoms with E-state index in [-0.39, 0.29) is 12.0 Å². The zero-order valence-electron chi connectivity index (χ0n) is 11.7. The van der Waals surface area contributed by atoms with Gasteiger partial charge in [0.2, 0.25) is 0 Å². The Kier molecular flexibility index (Phi) is 4.49. The van der Waals surface area contributed by atoms with Crippen molar-refractivity contribution >= 4 is 15.9 Å². The molecular formula is C16H21BrO2. The first-order valence-electron chi connectivity index (χ1n) is 6.70. The molecule has 2 nitrogen and oxygen atoms in total. The standard InChI is InChI=1S/C16H21BrO2/c1-11(2)16(18)9-14(12(3)15(16)17)19-10-13-7-5-4-6-8-13/h4-8,11,14,18H,9-10H2,1-3H3/t14-,16+/m0/s1. The van der Waals surface area contributed by atoms with Gasteiger partial charge in [-0.15, -0.1) is 0 Å². The first-order chi connectivity index (χ1) is 8.95. The zero-order valence-corrected chi connectivity index (χ0v) is 13.3. The Balaban J connectivity index is 2.04. The highest BCUT2D eigenvalue weighted by Crippen LogP contribution is 2.45. The van der Waals surface area contributed by atoms with Crippen LogP contribution >= 0.6 is 15.9 Å². The Morgan fingerprint density at radius 1 is 1.37 bits per heavy atom. The minimum atomic E-state index is -0.786. The molecule has 2 rings (SSSR count). The smallest absolute Gasteiger partial charge is 0.101 e. The summed E-state index contributed by atoms with van der Waals surface area (Å²) in [6.07, 6.45) is 0.617. The van der Waals surface area contributed by atoms with Crippen LogP contribution in [0.1, 0.15) is 32.8 Å². The van der Waals surface area contributed by atoms with Crippen LogP contribution in [0.4, 0.5) is 0 Å². The summed E-state index contributed by atoms with van der Waals surface area (Å²) in [5, 5.41) is 10.7. The molecule has 0 unspecified atom stereocenters. The second-order valence-corrected chi connectivity index (χ2v) is 6.36. The molecule has 3 heteroatoms. The average molecular weight is 325 g/mol. The fourth-order valence-corrected chi connectivity index (χ4v) is 3.33. The van der Waals surface area contributed by atoms with Crippen molar-refractivity contribution in [3.05, 3.63) is 46.0 Å². The van der Waals surface area contributed by atoms with Gasteiger partial charge in [0.05, 0.1) is 12.7 Å². The number of halogens is 1. The Hall–Kier alpha value is -0.640. The van der Waals surface area contributed by atoms with E-state index in [2.05, 4.69) is 28.1 Å². The van der Waals surface area contributed by atoms with Crippen molar-refractivity contribution in [2.24, 2.45) is 5.92 Å². The van der Waals surface area contributed by atoms with Crippen LogP contribution in [0.15, 0.2) is 40.4 Å². The van der Waals surface area contributed by atoms with Crippen molar-refractivity contribution in [2.45, 2.75) is 45.5 Å². The second-order valence-electron chi connectivity index (χ2n) is 5.57. The van der Waals surface area contributed by atoms with Gasteiger partial charge in [-0.2, -0.15) is 0 Å². The van der Waals surface area contributed by atoms with Crippen LogP contribution in [0.2, 0.25) is 0 Å². The molecule has 1 aliphatic rings. The van der Waals surface area contributed by atoms with Gasteiger partial charge in [-0.1, -0.05) is 60.1 Å². The molecule has 1 aromatic rings. The molecule has 0 radical (unpaired) electrons. The van der Waals surface area contributed by atoms with Gasteiger partial charge in [0.1, 0.15) is 5.60 Å². The Labute approximate surface area is 123 Å². The molecular weight excluding hydrogens is 304 g/mol. The molecule has 1 N–H and O–H groups in total. The number of ether oxygens (including phenoxy) is 1. The minimum absolute atomic E-state index is 0.0121.